The molecule has 0 bridgehead atoms. The van der Waals surface area contributed by atoms with Crippen LogP contribution >= 0.6 is 0 Å². The fraction of sp³-hybridized carbons (Fsp3) is 0.267. The van der Waals surface area contributed by atoms with Crippen LogP contribution in [0.1, 0.15) is 23.9 Å². The third kappa shape index (κ3) is 4.08. The van der Waals surface area contributed by atoms with E-state index >= 15 is 0 Å². The number of benzene rings is 1. The number of hydrogen-bond donors (Lipinski definition) is 0. The topological polar surface area (TPSA) is 85.4 Å². The van der Waals surface area contributed by atoms with E-state index in [0.717, 1.165) is 0 Å². The van der Waals surface area contributed by atoms with Crippen LogP contribution in [-0.4, -0.2) is 17.2 Å². The molecule has 2 aromatic rings. The van der Waals surface area contributed by atoms with Crippen molar-refractivity contribution >= 4 is 5.97 Å². The lowest BCUT2D eigenvalue weighted by molar-refractivity contribution is -0.152. The molecule has 0 saturated heterocycles. The van der Waals surface area contributed by atoms with Crippen molar-refractivity contribution in [1.82, 2.24) is 5.16 Å². The molecule has 6 heteroatoms. The SMILES string of the molecule is Cc1cc(COC(=O)[C@@H](C)Oc2ccc(C#N)cc2)no1. The van der Waals surface area contributed by atoms with Gasteiger partial charge in [0, 0.05) is 6.07 Å². The van der Waals surface area contributed by atoms with Crippen molar-refractivity contribution in [2.24, 2.45) is 0 Å². The van der Waals surface area contributed by atoms with E-state index in [0.29, 0.717) is 22.8 Å². The molecule has 0 saturated carbocycles. The molecule has 1 aromatic carbocycles. The second-order valence-corrected chi connectivity index (χ2v) is 4.43. The smallest absolute Gasteiger partial charge is 0.347 e. The molecule has 108 valence electrons. The fourth-order valence-electron chi connectivity index (χ4n) is 1.61. The molecule has 0 aliphatic carbocycles. The molecule has 0 radical (unpaired) electrons. The van der Waals surface area contributed by atoms with Gasteiger partial charge in [-0.2, -0.15) is 5.26 Å². The van der Waals surface area contributed by atoms with Gasteiger partial charge in [0.2, 0.25) is 0 Å². The summed E-state index contributed by atoms with van der Waals surface area (Å²) < 4.78 is 15.4. The lowest BCUT2D eigenvalue weighted by Gasteiger charge is -2.13. The van der Waals surface area contributed by atoms with Crippen LogP contribution in [0.15, 0.2) is 34.9 Å². The Hall–Kier alpha value is -2.81. The van der Waals surface area contributed by atoms with Crippen LogP contribution in [0.25, 0.3) is 0 Å². The van der Waals surface area contributed by atoms with Gasteiger partial charge in [-0.3, -0.25) is 0 Å². The zero-order valence-corrected chi connectivity index (χ0v) is 11.7. The Morgan fingerprint density at radius 3 is 2.71 bits per heavy atom. The summed E-state index contributed by atoms with van der Waals surface area (Å²) in [7, 11) is 0. The first-order chi connectivity index (χ1) is 10.1. The Bertz CT molecular complexity index is 655. The first-order valence-corrected chi connectivity index (χ1v) is 6.34. The van der Waals surface area contributed by atoms with Gasteiger partial charge in [0.05, 0.1) is 11.6 Å². The number of carbonyl (C=O) groups is 1. The highest BCUT2D eigenvalue weighted by Crippen LogP contribution is 2.14. The van der Waals surface area contributed by atoms with Gasteiger partial charge >= 0.3 is 5.97 Å². The number of ether oxygens (including phenoxy) is 2. The molecule has 0 amide bonds. The van der Waals surface area contributed by atoms with E-state index in [1.165, 1.54) is 0 Å². The molecule has 21 heavy (non-hydrogen) atoms. The van der Waals surface area contributed by atoms with Crippen molar-refractivity contribution in [1.29, 1.82) is 5.26 Å². The maximum atomic E-state index is 11.8. The quantitative estimate of drug-likeness (QED) is 0.784. The molecule has 0 N–H and O–H groups in total. The van der Waals surface area contributed by atoms with Crippen molar-refractivity contribution in [3.05, 3.63) is 47.3 Å². The van der Waals surface area contributed by atoms with Crippen LogP contribution in [0.5, 0.6) is 5.75 Å². The first kappa shape index (κ1) is 14.6. The summed E-state index contributed by atoms with van der Waals surface area (Å²) in [6, 6.07) is 10.2. The number of carbonyl (C=O) groups excluding carboxylic acids is 1. The van der Waals surface area contributed by atoms with Crippen molar-refractivity contribution < 1.29 is 18.8 Å². The minimum atomic E-state index is -0.758. The molecule has 6 nitrogen and oxygen atoms in total. The molecule has 0 fully saturated rings. The van der Waals surface area contributed by atoms with Crippen molar-refractivity contribution in [3.8, 4) is 11.8 Å². The van der Waals surface area contributed by atoms with E-state index in [4.69, 9.17) is 19.3 Å². The third-order valence-electron chi connectivity index (χ3n) is 2.67. The molecule has 2 rings (SSSR count). The highest BCUT2D eigenvalue weighted by molar-refractivity contribution is 5.74. The number of rotatable bonds is 5. The number of aromatic nitrogens is 1. The van der Waals surface area contributed by atoms with Crippen LogP contribution in [0, 0.1) is 18.3 Å². The summed E-state index contributed by atoms with van der Waals surface area (Å²) in [6.07, 6.45) is -0.758. The molecule has 0 aliphatic heterocycles. The summed E-state index contributed by atoms with van der Waals surface area (Å²) >= 11 is 0. The van der Waals surface area contributed by atoms with Gasteiger partial charge in [0.25, 0.3) is 0 Å². The molecular weight excluding hydrogens is 272 g/mol. The standard InChI is InChI=1S/C15H14N2O4/c1-10-7-13(17-21-10)9-19-15(18)11(2)20-14-5-3-12(8-16)4-6-14/h3-7,11H,9H2,1-2H3/t11-/m1/s1. The van der Waals surface area contributed by atoms with Crippen LogP contribution in [-0.2, 0) is 16.1 Å². The van der Waals surface area contributed by atoms with Gasteiger partial charge in [-0.1, -0.05) is 5.16 Å². The second-order valence-electron chi connectivity index (χ2n) is 4.43. The number of hydrogen-bond acceptors (Lipinski definition) is 6. The first-order valence-electron chi connectivity index (χ1n) is 6.34. The maximum absolute atomic E-state index is 11.8. The van der Waals surface area contributed by atoms with Crippen molar-refractivity contribution in [2.45, 2.75) is 26.6 Å². The molecule has 1 aromatic heterocycles. The Morgan fingerprint density at radius 1 is 1.43 bits per heavy atom. The van der Waals surface area contributed by atoms with E-state index in [1.54, 1.807) is 44.2 Å². The molecule has 0 spiro atoms. The molecule has 0 unspecified atom stereocenters. The lowest BCUT2D eigenvalue weighted by Crippen LogP contribution is -2.26. The summed E-state index contributed by atoms with van der Waals surface area (Å²) in [5, 5.41) is 12.4. The summed E-state index contributed by atoms with van der Waals surface area (Å²) in [4.78, 5) is 11.8. The molecule has 1 heterocycles. The van der Waals surface area contributed by atoms with Crippen molar-refractivity contribution in [2.75, 3.05) is 0 Å². The molecular formula is C15H14N2O4. The fourth-order valence-corrected chi connectivity index (χ4v) is 1.61. The van der Waals surface area contributed by atoms with E-state index in [9.17, 15) is 4.79 Å². The molecule has 1 atom stereocenters. The monoisotopic (exact) mass is 286 g/mol. The van der Waals surface area contributed by atoms with Crippen LogP contribution < -0.4 is 4.74 Å². The van der Waals surface area contributed by atoms with Gasteiger partial charge in [-0.05, 0) is 38.1 Å². The molecule has 0 aliphatic rings. The predicted octanol–water partition coefficient (Wildman–Crippen LogP) is 2.37. The van der Waals surface area contributed by atoms with Crippen LogP contribution in [0.2, 0.25) is 0 Å². The summed E-state index contributed by atoms with van der Waals surface area (Å²) in [5.41, 5.74) is 1.07. The number of nitrogens with zero attached hydrogens (tertiary/aromatic N) is 2. The zero-order valence-electron chi connectivity index (χ0n) is 11.7. The Labute approximate surface area is 121 Å². The number of aryl methyl sites for hydroxylation is 1. The van der Waals surface area contributed by atoms with E-state index < -0.39 is 12.1 Å². The summed E-state index contributed by atoms with van der Waals surface area (Å²) in [5.74, 6) is 0.652. The minimum Gasteiger partial charge on any atom is -0.479 e. The third-order valence-corrected chi connectivity index (χ3v) is 2.67. The van der Waals surface area contributed by atoms with Gasteiger partial charge in [-0.15, -0.1) is 0 Å². The van der Waals surface area contributed by atoms with Gasteiger partial charge in [0.1, 0.15) is 23.8 Å². The second kappa shape index (κ2) is 6.57. The van der Waals surface area contributed by atoms with E-state index in [1.807, 2.05) is 6.07 Å². The zero-order chi connectivity index (χ0) is 15.2. The normalized spacial score (nSPS) is 11.5. The highest BCUT2D eigenvalue weighted by atomic mass is 16.6. The Morgan fingerprint density at radius 2 is 2.14 bits per heavy atom. The largest absolute Gasteiger partial charge is 0.479 e. The van der Waals surface area contributed by atoms with Gasteiger partial charge in [0.15, 0.2) is 6.10 Å². The minimum absolute atomic E-state index is 0.0389. The maximum Gasteiger partial charge on any atom is 0.347 e. The average molecular weight is 286 g/mol. The van der Waals surface area contributed by atoms with Crippen LogP contribution in [0.3, 0.4) is 0 Å². The Kier molecular flexibility index (Phi) is 4.57. The number of nitriles is 1. The van der Waals surface area contributed by atoms with Gasteiger partial charge in [-0.25, -0.2) is 4.79 Å². The average Bonchev–Trinajstić information content (AvgIpc) is 2.91. The summed E-state index contributed by atoms with van der Waals surface area (Å²) in [6.45, 7) is 3.39. The predicted molar refractivity (Wildman–Crippen MR) is 72.3 cm³/mol. The van der Waals surface area contributed by atoms with E-state index in [2.05, 4.69) is 5.16 Å². The number of esters is 1. The van der Waals surface area contributed by atoms with Crippen LogP contribution in [0.4, 0.5) is 0 Å². The van der Waals surface area contributed by atoms with Gasteiger partial charge < -0.3 is 14.0 Å². The van der Waals surface area contributed by atoms with Crippen molar-refractivity contribution in [3.63, 3.8) is 0 Å². The lowest BCUT2D eigenvalue weighted by atomic mass is 10.2. The Balaban J connectivity index is 1.85. The van der Waals surface area contributed by atoms with E-state index in [-0.39, 0.29) is 6.61 Å². The highest BCUT2D eigenvalue weighted by Gasteiger charge is 2.17.